The Balaban J connectivity index is 1.78. The Morgan fingerprint density at radius 2 is 2.00 bits per heavy atom. The molecule has 2 fully saturated rings. The van der Waals surface area contributed by atoms with E-state index in [1.165, 1.54) is 32.1 Å². The van der Waals surface area contributed by atoms with E-state index in [2.05, 4.69) is 26.1 Å². The highest BCUT2D eigenvalue weighted by molar-refractivity contribution is 4.94. The molecule has 0 heterocycles. The molecule has 2 rings (SSSR count). The summed E-state index contributed by atoms with van der Waals surface area (Å²) in [4.78, 5) is 0. The average molecular weight is 209 g/mol. The molecule has 2 bridgehead atoms. The van der Waals surface area contributed by atoms with Crippen molar-refractivity contribution in [2.45, 2.75) is 71.4 Å². The maximum atomic E-state index is 3.81. The minimum atomic E-state index is 0.712. The SMILES string of the molecule is CCCC(C)NC(C)C1CC2CCC1C2. The molecule has 88 valence electrons. The van der Waals surface area contributed by atoms with Gasteiger partial charge in [0.25, 0.3) is 0 Å². The van der Waals surface area contributed by atoms with Crippen LogP contribution in [0.15, 0.2) is 0 Å². The van der Waals surface area contributed by atoms with Crippen molar-refractivity contribution < 1.29 is 0 Å². The van der Waals surface area contributed by atoms with E-state index < -0.39 is 0 Å². The minimum Gasteiger partial charge on any atom is -0.311 e. The van der Waals surface area contributed by atoms with Crippen LogP contribution >= 0.6 is 0 Å². The maximum absolute atomic E-state index is 3.81. The highest BCUT2D eigenvalue weighted by Crippen LogP contribution is 2.49. The van der Waals surface area contributed by atoms with Crippen molar-refractivity contribution >= 4 is 0 Å². The first-order valence-corrected chi connectivity index (χ1v) is 6.96. The van der Waals surface area contributed by atoms with Crippen LogP contribution in [0.2, 0.25) is 0 Å². The predicted octanol–water partition coefficient (Wildman–Crippen LogP) is 3.59. The van der Waals surface area contributed by atoms with E-state index in [0.29, 0.717) is 6.04 Å². The van der Waals surface area contributed by atoms with E-state index in [4.69, 9.17) is 0 Å². The minimum absolute atomic E-state index is 0.712. The van der Waals surface area contributed by atoms with Crippen molar-refractivity contribution in [2.75, 3.05) is 0 Å². The third kappa shape index (κ3) is 2.55. The molecule has 15 heavy (non-hydrogen) atoms. The van der Waals surface area contributed by atoms with Crippen LogP contribution in [0.5, 0.6) is 0 Å². The first kappa shape index (κ1) is 11.4. The Morgan fingerprint density at radius 3 is 2.53 bits per heavy atom. The first-order valence-electron chi connectivity index (χ1n) is 6.96. The second-order valence-electron chi connectivity index (χ2n) is 5.98. The van der Waals surface area contributed by atoms with Gasteiger partial charge in [-0.15, -0.1) is 0 Å². The summed E-state index contributed by atoms with van der Waals surface area (Å²) in [7, 11) is 0. The molecule has 0 radical (unpaired) electrons. The third-order valence-electron chi connectivity index (χ3n) is 4.70. The van der Waals surface area contributed by atoms with Gasteiger partial charge in [-0.05, 0) is 57.3 Å². The molecule has 5 unspecified atom stereocenters. The molecule has 1 heteroatoms. The quantitative estimate of drug-likeness (QED) is 0.729. The summed E-state index contributed by atoms with van der Waals surface area (Å²) in [6, 6.07) is 1.46. The van der Waals surface area contributed by atoms with Crippen LogP contribution in [-0.4, -0.2) is 12.1 Å². The van der Waals surface area contributed by atoms with E-state index in [1.807, 2.05) is 0 Å². The van der Waals surface area contributed by atoms with Crippen molar-refractivity contribution in [1.29, 1.82) is 0 Å². The molecule has 0 aromatic carbocycles. The van der Waals surface area contributed by atoms with Crippen LogP contribution in [0.4, 0.5) is 0 Å². The van der Waals surface area contributed by atoms with Gasteiger partial charge >= 0.3 is 0 Å². The van der Waals surface area contributed by atoms with Crippen LogP contribution in [-0.2, 0) is 0 Å². The van der Waals surface area contributed by atoms with Gasteiger partial charge in [0.1, 0.15) is 0 Å². The first-order chi connectivity index (χ1) is 7.20. The second kappa shape index (κ2) is 4.86. The van der Waals surface area contributed by atoms with Gasteiger partial charge in [-0.1, -0.05) is 19.8 Å². The topological polar surface area (TPSA) is 12.0 Å². The average Bonchev–Trinajstić information content (AvgIpc) is 2.78. The van der Waals surface area contributed by atoms with E-state index in [9.17, 15) is 0 Å². The van der Waals surface area contributed by atoms with Gasteiger partial charge in [-0.3, -0.25) is 0 Å². The van der Waals surface area contributed by atoms with Crippen LogP contribution in [0.3, 0.4) is 0 Å². The Labute approximate surface area is 95.0 Å². The zero-order chi connectivity index (χ0) is 10.8. The van der Waals surface area contributed by atoms with Gasteiger partial charge < -0.3 is 5.32 Å². The monoisotopic (exact) mass is 209 g/mol. The lowest BCUT2D eigenvalue weighted by molar-refractivity contribution is 0.245. The molecule has 5 atom stereocenters. The molecule has 2 aliphatic rings. The van der Waals surface area contributed by atoms with Gasteiger partial charge in [0.15, 0.2) is 0 Å². The molecule has 0 aliphatic heterocycles. The summed E-state index contributed by atoms with van der Waals surface area (Å²) >= 11 is 0. The van der Waals surface area contributed by atoms with Gasteiger partial charge in [0.05, 0.1) is 0 Å². The van der Waals surface area contributed by atoms with Crippen LogP contribution in [0, 0.1) is 17.8 Å². The number of hydrogen-bond acceptors (Lipinski definition) is 1. The molecular weight excluding hydrogens is 182 g/mol. The molecule has 0 spiro atoms. The standard InChI is InChI=1S/C14H27N/c1-4-5-10(2)15-11(3)14-9-12-6-7-13(14)8-12/h10-15H,4-9H2,1-3H3. The van der Waals surface area contributed by atoms with Crippen LogP contribution in [0.1, 0.15) is 59.3 Å². The lowest BCUT2D eigenvalue weighted by Gasteiger charge is -2.31. The van der Waals surface area contributed by atoms with Crippen molar-refractivity contribution in [1.82, 2.24) is 5.32 Å². The summed E-state index contributed by atoms with van der Waals surface area (Å²) < 4.78 is 0. The third-order valence-corrected chi connectivity index (χ3v) is 4.70. The lowest BCUT2D eigenvalue weighted by atomic mass is 9.83. The van der Waals surface area contributed by atoms with E-state index >= 15 is 0 Å². The van der Waals surface area contributed by atoms with E-state index in [1.54, 1.807) is 6.42 Å². The lowest BCUT2D eigenvalue weighted by Crippen LogP contribution is -2.41. The summed E-state index contributed by atoms with van der Waals surface area (Å²) in [6.07, 6.45) is 8.72. The molecule has 0 aromatic rings. The summed E-state index contributed by atoms with van der Waals surface area (Å²) in [5, 5.41) is 3.81. The molecule has 2 aliphatic carbocycles. The number of hydrogen-bond donors (Lipinski definition) is 1. The number of fused-ring (bicyclic) bond motifs is 2. The zero-order valence-electron chi connectivity index (χ0n) is 10.6. The molecule has 0 amide bonds. The Morgan fingerprint density at radius 1 is 1.20 bits per heavy atom. The van der Waals surface area contributed by atoms with E-state index in [-0.39, 0.29) is 0 Å². The fourth-order valence-electron chi connectivity index (χ4n) is 4.00. The summed E-state index contributed by atoms with van der Waals surface area (Å²) in [5.74, 6) is 3.14. The van der Waals surface area contributed by atoms with Gasteiger partial charge in [-0.25, -0.2) is 0 Å². The predicted molar refractivity (Wildman–Crippen MR) is 65.9 cm³/mol. The zero-order valence-corrected chi connectivity index (χ0v) is 10.6. The van der Waals surface area contributed by atoms with Crippen LogP contribution in [0.25, 0.3) is 0 Å². The number of nitrogens with one attached hydrogen (secondary N) is 1. The van der Waals surface area contributed by atoms with Crippen molar-refractivity contribution in [3.05, 3.63) is 0 Å². The van der Waals surface area contributed by atoms with Crippen molar-refractivity contribution in [2.24, 2.45) is 17.8 Å². The molecule has 0 saturated heterocycles. The smallest absolute Gasteiger partial charge is 0.00722 e. The van der Waals surface area contributed by atoms with E-state index in [0.717, 1.165) is 23.8 Å². The maximum Gasteiger partial charge on any atom is 0.00722 e. The van der Waals surface area contributed by atoms with Gasteiger partial charge in [0.2, 0.25) is 0 Å². The van der Waals surface area contributed by atoms with Gasteiger partial charge in [-0.2, -0.15) is 0 Å². The molecule has 1 N–H and O–H groups in total. The summed E-state index contributed by atoms with van der Waals surface area (Å²) in [5.41, 5.74) is 0. The van der Waals surface area contributed by atoms with Crippen LogP contribution < -0.4 is 5.32 Å². The highest BCUT2D eigenvalue weighted by atomic mass is 14.9. The molecule has 2 saturated carbocycles. The van der Waals surface area contributed by atoms with Crippen molar-refractivity contribution in [3.63, 3.8) is 0 Å². The Kier molecular flexibility index (Phi) is 3.71. The molecular formula is C14H27N. The fourth-order valence-corrected chi connectivity index (χ4v) is 4.00. The highest BCUT2D eigenvalue weighted by Gasteiger charge is 2.41. The fraction of sp³-hybridized carbons (Fsp3) is 1.00. The largest absolute Gasteiger partial charge is 0.311 e. The second-order valence-corrected chi connectivity index (χ2v) is 5.98. The Hall–Kier alpha value is -0.0400. The molecule has 0 aromatic heterocycles. The molecule has 1 nitrogen and oxygen atoms in total. The van der Waals surface area contributed by atoms with Gasteiger partial charge in [0, 0.05) is 12.1 Å². The Bertz CT molecular complexity index is 202. The normalized spacial score (nSPS) is 38.2. The number of rotatable bonds is 5. The van der Waals surface area contributed by atoms with Crippen molar-refractivity contribution in [3.8, 4) is 0 Å². The summed E-state index contributed by atoms with van der Waals surface area (Å²) in [6.45, 7) is 7.03.